The van der Waals surface area contributed by atoms with E-state index in [1.807, 2.05) is 12.1 Å². The largest absolute Gasteiger partial charge is 0.497 e. The smallest absolute Gasteiger partial charge is 0.220 e. The lowest BCUT2D eigenvalue weighted by Crippen LogP contribution is -2.45. The van der Waals surface area contributed by atoms with Crippen LogP contribution in [0, 0.1) is 5.82 Å². The van der Waals surface area contributed by atoms with Gasteiger partial charge in [0.25, 0.3) is 0 Å². The fourth-order valence-electron chi connectivity index (χ4n) is 4.97. The van der Waals surface area contributed by atoms with Gasteiger partial charge in [0.2, 0.25) is 5.91 Å². The van der Waals surface area contributed by atoms with Crippen LogP contribution in [0.2, 0.25) is 0 Å². The van der Waals surface area contributed by atoms with Gasteiger partial charge in [-0.05, 0) is 38.1 Å². The molecule has 1 aromatic carbocycles. The number of likely N-dealkylation sites (N-methyl/N-ethyl adjacent to an activating group) is 1. The zero-order chi connectivity index (χ0) is 25.8. The second-order valence-corrected chi connectivity index (χ2v) is 9.94. The number of rotatable bonds is 8. The lowest BCUT2D eigenvalue weighted by atomic mass is 10.0. The summed E-state index contributed by atoms with van der Waals surface area (Å²) in [7, 11) is 3.66. The van der Waals surface area contributed by atoms with E-state index in [1.165, 1.54) is 13.2 Å². The van der Waals surface area contributed by atoms with Crippen molar-refractivity contribution >= 4 is 42.2 Å². The zero-order valence-electron chi connectivity index (χ0n) is 22.4. The number of benzene rings is 1. The molecule has 0 spiro atoms. The third-order valence-electron chi connectivity index (χ3n) is 7.32. The van der Waals surface area contributed by atoms with Crippen molar-refractivity contribution in [3.8, 4) is 5.75 Å². The number of amides is 1. The summed E-state index contributed by atoms with van der Waals surface area (Å²) in [6, 6.07) is 9.03. The summed E-state index contributed by atoms with van der Waals surface area (Å²) < 4.78 is 21.1. The third kappa shape index (κ3) is 7.69. The van der Waals surface area contributed by atoms with Crippen molar-refractivity contribution in [1.29, 1.82) is 0 Å². The standard InChI is InChI=1S/C26H35FN8O2.2ClH/c1-32-13-15-34(16-14-32)25-6-5-23-29-30-24(35(23)31-25)7-8-26(36)28-20-9-11-33(12-10-20)18-19-3-4-21(37-2)17-22(19)27;;/h3-6,17,20H,7-16,18H2,1-2H3,(H,28,36);2*1H. The molecule has 0 unspecified atom stereocenters. The number of carbonyl (C=O) groups excluding carboxylic acids is 1. The number of piperazine rings is 1. The number of piperidine rings is 1. The number of aryl methyl sites for hydroxylation is 1. The summed E-state index contributed by atoms with van der Waals surface area (Å²) in [4.78, 5) is 19.5. The summed E-state index contributed by atoms with van der Waals surface area (Å²) >= 11 is 0. The van der Waals surface area contributed by atoms with Gasteiger partial charge in [-0.3, -0.25) is 9.69 Å². The number of nitrogens with one attached hydrogen (secondary N) is 1. The van der Waals surface area contributed by atoms with Gasteiger partial charge in [0.15, 0.2) is 11.5 Å². The van der Waals surface area contributed by atoms with Crippen molar-refractivity contribution in [3.05, 3.63) is 47.5 Å². The second-order valence-electron chi connectivity index (χ2n) is 9.94. The van der Waals surface area contributed by atoms with Crippen LogP contribution in [0.5, 0.6) is 5.75 Å². The van der Waals surface area contributed by atoms with E-state index in [4.69, 9.17) is 9.84 Å². The Morgan fingerprint density at radius 3 is 2.49 bits per heavy atom. The van der Waals surface area contributed by atoms with Crippen molar-refractivity contribution in [1.82, 2.24) is 34.9 Å². The van der Waals surface area contributed by atoms with Gasteiger partial charge in [-0.15, -0.1) is 40.1 Å². The van der Waals surface area contributed by atoms with Gasteiger partial charge < -0.3 is 19.9 Å². The van der Waals surface area contributed by atoms with Gasteiger partial charge in [0, 0.05) is 76.3 Å². The Balaban J connectivity index is 0.00000210. The highest BCUT2D eigenvalue weighted by Gasteiger charge is 2.22. The molecular formula is C26H37Cl2FN8O2. The highest BCUT2D eigenvalue weighted by molar-refractivity contribution is 5.85. The normalized spacial score (nSPS) is 16.9. The molecule has 5 rings (SSSR count). The van der Waals surface area contributed by atoms with E-state index in [0.717, 1.165) is 57.9 Å². The molecule has 39 heavy (non-hydrogen) atoms. The Labute approximate surface area is 240 Å². The lowest BCUT2D eigenvalue weighted by Gasteiger charge is -2.33. The van der Waals surface area contributed by atoms with E-state index in [9.17, 15) is 9.18 Å². The number of aromatic nitrogens is 4. The number of hydrogen-bond acceptors (Lipinski definition) is 8. The highest BCUT2D eigenvalue weighted by Crippen LogP contribution is 2.20. The van der Waals surface area contributed by atoms with E-state index in [0.29, 0.717) is 42.2 Å². The van der Waals surface area contributed by atoms with Crippen molar-refractivity contribution in [2.75, 3.05) is 58.3 Å². The molecule has 2 fully saturated rings. The summed E-state index contributed by atoms with van der Waals surface area (Å²) in [6.45, 7) is 6.05. The molecule has 1 amide bonds. The fourth-order valence-corrected chi connectivity index (χ4v) is 4.97. The number of anilines is 1. The maximum Gasteiger partial charge on any atom is 0.220 e. The molecule has 0 saturated carbocycles. The summed E-state index contributed by atoms with van der Waals surface area (Å²) in [6.07, 6.45) is 2.49. The Morgan fingerprint density at radius 2 is 1.79 bits per heavy atom. The van der Waals surface area contributed by atoms with Crippen molar-refractivity contribution in [3.63, 3.8) is 0 Å². The first-order valence-corrected chi connectivity index (χ1v) is 13.0. The molecule has 2 aliphatic heterocycles. The first kappa shape index (κ1) is 30.8. The molecule has 0 atom stereocenters. The van der Waals surface area contributed by atoms with E-state index >= 15 is 0 Å². The van der Waals surface area contributed by atoms with Gasteiger partial charge in [0.1, 0.15) is 17.4 Å². The van der Waals surface area contributed by atoms with Gasteiger partial charge in [-0.2, -0.15) is 4.52 Å². The maximum absolute atomic E-state index is 14.3. The minimum Gasteiger partial charge on any atom is -0.497 e. The predicted molar refractivity (Wildman–Crippen MR) is 153 cm³/mol. The number of likely N-dealkylation sites (tertiary alicyclic amines) is 1. The molecule has 2 aliphatic rings. The zero-order valence-corrected chi connectivity index (χ0v) is 24.0. The molecule has 0 aliphatic carbocycles. The summed E-state index contributed by atoms with van der Waals surface area (Å²) in [5.74, 6) is 1.88. The topological polar surface area (TPSA) is 91.1 Å². The molecule has 10 nitrogen and oxygen atoms in total. The third-order valence-corrected chi connectivity index (χ3v) is 7.32. The van der Waals surface area contributed by atoms with Crippen molar-refractivity contribution < 1.29 is 13.9 Å². The van der Waals surface area contributed by atoms with E-state index in [-0.39, 0.29) is 42.6 Å². The van der Waals surface area contributed by atoms with Crippen LogP contribution in [0.4, 0.5) is 10.2 Å². The fraction of sp³-hybridized carbons (Fsp3) is 0.538. The van der Waals surface area contributed by atoms with Crippen LogP contribution < -0.4 is 15.0 Å². The van der Waals surface area contributed by atoms with Gasteiger partial charge in [-0.25, -0.2) is 4.39 Å². The maximum atomic E-state index is 14.3. The SMILES string of the molecule is COc1ccc(CN2CCC(NC(=O)CCc3nnc4ccc(N5CCN(C)CC5)nn34)CC2)c(F)c1.Cl.Cl. The van der Waals surface area contributed by atoms with Crippen molar-refractivity contribution in [2.45, 2.75) is 38.3 Å². The Bertz CT molecular complexity index is 1230. The first-order valence-electron chi connectivity index (χ1n) is 13.0. The summed E-state index contributed by atoms with van der Waals surface area (Å²) in [5, 5.41) is 16.4. The molecule has 2 saturated heterocycles. The van der Waals surface area contributed by atoms with Crippen LogP contribution in [0.25, 0.3) is 5.65 Å². The van der Waals surface area contributed by atoms with Crippen LogP contribution in [0.15, 0.2) is 30.3 Å². The number of methoxy groups -OCH3 is 1. The van der Waals surface area contributed by atoms with Crippen LogP contribution in [-0.2, 0) is 17.8 Å². The van der Waals surface area contributed by atoms with E-state index < -0.39 is 0 Å². The average molecular weight is 584 g/mol. The molecule has 214 valence electrons. The van der Waals surface area contributed by atoms with Gasteiger partial charge in [-0.1, -0.05) is 6.07 Å². The molecule has 0 bridgehead atoms. The monoisotopic (exact) mass is 582 g/mol. The number of halogens is 3. The molecule has 13 heteroatoms. The van der Waals surface area contributed by atoms with Gasteiger partial charge in [0.05, 0.1) is 7.11 Å². The van der Waals surface area contributed by atoms with Gasteiger partial charge >= 0.3 is 0 Å². The average Bonchev–Trinajstić information content (AvgIpc) is 3.32. The molecule has 2 aromatic heterocycles. The van der Waals surface area contributed by atoms with Crippen LogP contribution >= 0.6 is 24.8 Å². The molecule has 4 heterocycles. The van der Waals surface area contributed by atoms with Crippen molar-refractivity contribution in [2.24, 2.45) is 0 Å². The van der Waals surface area contributed by atoms with E-state index in [2.05, 4.69) is 37.3 Å². The first-order chi connectivity index (χ1) is 18.0. The quantitative estimate of drug-likeness (QED) is 0.433. The Hall–Kier alpha value is -2.73. The minimum atomic E-state index is -0.249. The Morgan fingerprint density at radius 1 is 1.05 bits per heavy atom. The number of nitrogens with zero attached hydrogens (tertiary/aromatic N) is 7. The van der Waals surface area contributed by atoms with Crippen LogP contribution in [-0.4, -0.2) is 95.0 Å². The second kappa shape index (κ2) is 14.1. The Kier molecular flexibility index (Phi) is 11.1. The molecule has 0 radical (unpaired) electrons. The summed E-state index contributed by atoms with van der Waals surface area (Å²) in [5.41, 5.74) is 1.35. The van der Waals surface area contributed by atoms with Crippen LogP contribution in [0.3, 0.4) is 0 Å². The predicted octanol–water partition coefficient (Wildman–Crippen LogP) is 2.58. The lowest BCUT2D eigenvalue weighted by molar-refractivity contribution is -0.122. The van der Waals surface area contributed by atoms with E-state index in [1.54, 1.807) is 16.6 Å². The molecule has 1 N–H and O–H groups in total. The van der Waals surface area contributed by atoms with Crippen LogP contribution in [0.1, 0.15) is 30.7 Å². The number of hydrogen-bond donors (Lipinski definition) is 1. The molecule has 3 aromatic rings. The number of carbonyl (C=O) groups is 1. The highest BCUT2D eigenvalue weighted by atomic mass is 35.5. The molecular weight excluding hydrogens is 546 g/mol. The number of ether oxygens (including phenoxy) is 1. The minimum absolute atomic E-state index is 0. The number of fused-ring (bicyclic) bond motifs is 1.